The van der Waals surface area contributed by atoms with Crippen LogP contribution in [0.4, 0.5) is 0 Å². The molecule has 0 N–H and O–H groups in total. The van der Waals surface area contributed by atoms with Gasteiger partial charge in [0.25, 0.3) is 0 Å². The van der Waals surface area contributed by atoms with E-state index in [1.165, 1.54) is 6.42 Å². The van der Waals surface area contributed by atoms with Gasteiger partial charge < -0.3 is 0 Å². The van der Waals surface area contributed by atoms with Crippen molar-refractivity contribution < 1.29 is 9.00 Å². The number of carbonyl (C=O) groups is 1. The highest BCUT2D eigenvalue weighted by atomic mass is 32.2. The second kappa shape index (κ2) is 5.16. The Balaban J connectivity index is 1.80. The van der Waals surface area contributed by atoms with E-state index in [0.29, 0.717) is 5.69 Å². The number of ketones is 1. The van der Waals surface area contributed by atoms with Crippen LogP contribution in [0.15, 0.2) is 18.2 Å². The molecule has 3 rings (SSSR count). The first-order chi connectivity index (χ1) is 9.15. The minimum absolute atomic E-state index is 0.0299. The summed E-state index contributed by atoms with van der Waals surface area (Å²) in [6.45, 7) is 1.90. The Kier molecular flexibility index (Phi) is 3.52. The van der Waals surface area contributed by atoms with E-state index in [1.807, 2.05) is 19.1 Å². The Morgan fingerprint density at radius 2 is 1.95 bits per heavy atom. The number of aryl methyl sites for hydroxylation is 1. The fraction of sp³-hybridized carbons (Fsp3) is 0.600. The average Bonchev–Trinajstić information content (AvgIpc) is 2.37. The molecule has 3 nitrogen and oxygen atoms in total. The van der Waals surface area contributed by atoms with E-state index in [-0.39, 0.29) is 22.2 Å². The fourth-order valence-electron chi connectivity index (χ4n) is 3.34. The van der Waals surface area contributed by atoms with Crippen molar-refractivity contribution in [3.05, 3.63) is 29.6 Å². The van der Waals surface area contributed by atoms with Crippen molar-refractivity contribution in [3.63, 3.8) is 0 Å². The second-order valence-electron chi connectivity index (χ2n) is 5.70. The molecule has 3 heterocycles. The van der Waals surface area contributed by atoms with Crippen LogP contribution in [-0.2, 0) is 10.8 Å². The first-order valence-corrected chi connectivity index (χ1v) is 8.30. The van der Waals surface area contributed by atoms with Gasteiger partial charge in [0.15, 0.2) is 5.78 Å². The Morgan fingerprint density at radius 3 is 2.58 bits per heavy atom. The van der Waals surface area contributed by atoms with Crippen LogP contribution in [-0.4, -0.2) is 25.5 Å². The summed E-state index contributed by atoms with van der Waals surface area (Å²) in [5.74, 6) is 0.180. The molecule has 2 aliphatic rings. The van der Waals surface area contributed by atoms with Gasteiger partial charge in [0.1, 0.15) is 5.69 Å². The number of hydrogen-bond donors (Lipinski definition) is 0. The maximum absolute atomic E-state index is 12.5. The SMILES string of the molecule is Cc1cccc(C(=O)C2CC3CCCC(C2)S3=O)n1. The lowest BCUT2D eigenvalue weighted by Crippen LogP contribution is -2.41. The van der Waals surface area contributed by atoms with Gasteiger partial charge in [-0.25, -0.2) is 0 Å². The van der Waals surface area contributed by atoms with Crippen LogP contribution < -0.4 is 0 Å². The standard InChI is InChI=1S/C15H19NO2S/c1-10-4-2-7-14(16-10)15(17)11-8-12-5-3-6-13(9-11)19(12)18/h2,4,7,11-13H,3,5-6,8-9H2,1H3. The van der Waals surface area contributed by atoms with Crippen molar-refractivity contribution >= 4 is 16.6 Å². The Labute approximate surface area is 116 Å². The van der Waals surface area contributed by atoms with Crippen LogP contribution in [0.25, 0.3) is 0 Å². The molecular formula is C15H19NO2S. The van der Waals surface area contributed by atoms with Crippen LogP contribution in [0.1, 0.15) is 48.3 Å². The number of rotatable bonds is 2. The number of aromatic nitrogens is 1. The Hall–Kier alpha value is -1.03. The lowest BCUT2D eigenvalue weighted by molar-refractivity contribution is 0.0890. The van der Waals surface area contributed by atoms with Crippen molar-refractivity contribution in [2.24, 2.45) is 5.92 Å². The molecule has 2 saturated heterocycles. The molecule has 0 aromatic carbocycles. The predicted octanol–water partition coefficient (Wildman–Crippen LogP) is 2.65. The summed E-state index contributed by atoms with van der Waals surface area (Å²) in [6.07, 6.45) is 4.79. The van der Waals surface area contributed by atoms with Crippen LogP contribution in [0.3, 0.4) is 0 Å². The molecule has 0 radical (unpaired) electrons. The third-order valence-electron chi connectivity index (χ3n) is 4.32. The zero-order chi connectivity index (χ0) is 13.4. The molecule has 102 valence electrons. The quantitative estimate of drug-likeness (QED) is 0.781. The smallest absolute Gasteiger partial charge is 0.184 e. The van der Waals surface area contributed by atoms with E-state index in [1.54, 1.807) is 6.07 Å². The van der Waals surface area contributed by atoms with Gasteiger partial charge in [-0.2, -0.15) is 0 Å². The highest BCUT2D eigenvalue weighted by Gasteiger charge is 2.40. The van der Waals surface area contributed by atoms with Crippen molar-refractivity contribution in [3.8, 4) is 0 Å². The summed E-state index contributed by atoms with van der Waals surface area (Å²) in [6, 6.07) is 5.59. The molecule has 2 unspecified atom stereocenters. The van der Waals surface area contributed by atoms with Gasteiger partial charge in [-0.15, -0.1) is 0 Å². The summed E-state index contributed by atoms with van der Waals surface area (Å²) in [7, 11) is -0.707. The first-order valence-electron chi connectivity index (χ1n) is 7.02. The van der Waals surface area contributed by atoms with E-state index >= 15 is 0 Å². The summed E-state index contributed by atoms with van der Waals surface area (Å²) in [5, 5.41) is 0.484. The zero-order valence-electron chi connectivity index (χ0n) is 11.2. The third kappa shape index (κ3) is 2.50. The van der Waals surface area contributed by atoms with Gasteiger partial charge in [0.05, 0.1) is 0 Å². The van der Waals surface area contributed by atoms with E-state index in [0.717, 1.165) is 31.4 Å². The zero-order valence-corrected chi connectivity index (χ0v) is 12.0. The average molecular weight is 277 g/mol. The molecule has 2 atom stereocenters. The van der Waals surface area contributed by atoms with Gasteiger partial charge in [0, 0.05) is 32.9 Å². The number of Topliss-reactive ketones (excluding diaryl/α,β-unsaturated/α-hetero) is 1. The summed E-state index contributed by atoms with van der Waals surface area (Å²) >= 11 is 0. The highest BCUT2D eigenvalue weighted by molar-refractivity contribution is 7.86. The number of fused-ring (bicyclic) bond motifs is 2. The van der Waals surface area contributed by atoms with Gasteiger partial charge in [0.2, 0.25) is 0 Å². The number of hydrogen-bond acceptors (Lipinski definition) is 3. The molecule has 1 aromatic rings. The molecule has 0 saturated carbocycles. The number of carbonyl (C=O) groups excluding carboxylic acids is 1. The molecule has 1 aromatic heterocycles. The maximum atomic E-state index is 12.5. The summed E-state index contributed by atoms with van der Waals surface area (Å²) < 4.78 is 12.2. The monoisotopic (exact) mass is 277 g/mol. The molecule has 0 spiro atoms. The second-order valence-corrected chi connectivity index (χ2v) is 7.69. The van der Waals surface area contributed by atoms with Gasteiger partial charge >= 0.3 is 0 Å². The first kappa shape index (κ1) is 13.0. The lowest BCUT2D eigenvalue weighted by atomic mass is 9.85. The minimum atomic E-state index is -0.707. The van der Waals surface area contributed by atoms with Crippen molar-refractivity contribution in [1.29, 1.82) is 0 Å². The van der Waals surface area contributed by atoms with Crippen LogP contribution in [0, 0.1) is 12.8 Å². The molecule has 2 fully saturated rings. The normalized spacial score (nSPS) is 33.9. The fourth-order valence-corrected chi connectivity index (χ4v) is 5.52. The molecule has 2 aliphatic heterocycles. The van der Waals surface area contributed by atoms with Crippen LogP contribution in [0.5, 0.6) is 0 Å². The largest absolute Gasteiger partial charge is 0.292 e. The van der Waals surface area contributed by atoms with Crippen molar-refractivity contribution in [2.45, 2.75) is 49.5 Å². The van der Waals surface area contributed by atoms with Gasteiger partial charge in [-0.05, 0) is 44.7 Å². The van der Waals surface area contributed by atoms with E-state index in [9.17, 15) is 9.00 Å². The van der Waals surface area contributed by atoms with Crippen molar-refractivity contribution in [1.82, 2.24) is 4.98 Å². The Morgan fingerprint density at radius 1 is 1.26 bits per heavy atom. The van der Waals surface area contributed by atoms with E-state index in [4.69, 9.17) is 0 Å². The van der Waals surface area contributed by atoms with Gasteiger partial charge in [-0.3, -0.25) is 14.0 Å². The predicted molar refractivity (Wildman–Crippen MR) is 75.6 cm³/mol. The molecular weight excluding hydrogens is 258 g/mol. The van der Waals surface area contributed by atoms with Crippen LogP contribution in [0.2, 0.25) is 0 Å². The van der Waals surface area contributed by atoms with E-state index in [2.05, 4.69) is 4.98 Å². The molecule has 0 amide bonds. The number of pyridine rings is 1. The molecule has 2 bridgehead atoms. The van der Waals surface area contributed by atoms with Crippen LogP contribution >= 0.6 is 0 Å². The van der Waals surface area contributed by atoms with E-state index < -0.39 is 10.8 Å². The highest BCUT2D eigenvalue weighted by Crippen LogP contribution is 2.38. The molecule has 0 aliphatic carbocycles. The molecule has 19 heavy (non-hydrogen) atoms. The van der Waals surface area contributed by atoms with Gasteiger partial charge in [-0.1, -0.05) is 12.5 Å². The Bertz CT molecular complexity index is 513. The van der Waals surface area contributed by atoms with Crippen molar-refractivity contribution in [2.75, 3.05) is 0 Å². The lowest BCUT2D eigenvalue weighted by Gasteiger charge is -2.37. The number of nitrogens with zero attached hydrogens (tertiary/aromatic N) is 1. The maximum Gasteiger partial charge on any atom is 0.184 e. The third-order valence-corrected chi connectivity index (χ3v) is 6.49. The minimum Gasteiger partial charge on any atom is -0.292 e. The molecule has 4 heteroatoms. The summed E-state index contributed by atoms with van der Waals surface area (Å²) in [4.78, 5) is 16.9. The summed E-state index contributed by atoms with van der Waals surface area (Å²) in [5.41, 5.74) is 1.46. The topological polar surface area (TPSA) is 47.0 Å².